The summed E-state index contributed by atoms with van der Waals surface area (Å²) in [7, 11) is 0. The van der Waals surface area contributed by atoms with Gasteiger partial charge in [0.2, 0.25) is 0 Å². The Kier molecular flexibility index (Phi) is 4.20. The molecule has 0 saturated heterocycles. The summed E-state index contributed by atoms with van der Waals surface area (Å²) in [5.74, 6) is -0.332. The second-order valence-electron chi connectivity index (χ2n) is 4.94. The minimum absolute atomic E-state index is 0.120. The topological polar surface area (TPSA) is 65.7 Å². The number of aromatic nitrogens is 5. The van der Waals surface area contributed by atoms with Gasteiger partial charge < -0.3 is 4.74 Å². The Morgan fingerprint density at radius 2 is 2.13 bits per heavy atom. The summed E-state index contributed by atoms with van der Waals surface area (Å²) in [4.78, 5) is 8.06. The first-order chi connectivity index (χ1) is 11.0. The van der Waals surface area contributed by atoms with Crippen molar-refractivity contribution in [3.8, 4) is 11.7 Å². The summed E-state index contributed by atoms with van der Waals surface area (Å²) >= 11 is 5.85. The summed E-state index contributed by atoms with van der Waals surface area (Å²) < 4.78 is 20.9. The van der Waals surface area contributed by atoms with Crippen molar-refractivity contribution in [1.29, 1.82) is 0 Å². The van der Waals surface area contributed by atoms with Crippen LogP contribution in [0.2, 0.25) is 5.02 Å². The zero-order valence-corrected chi connectivity index (χ0v) is 13.3. The van der Waals surface area contributed by atoms with Crippen LogP contribution in [0, 0.1) is 19.7 Å². The van der Waals surface area contributed by atoms with Crippen LogP contribution in [0.25, 0.3) is 5.69 Å². The van der Waals surface area contributed by atoms with Gasteiger partial charge in [-0.15, -0.1) is 5.10 Å². The quantitative estimate of drug-likeness (QED) is 0.734. The first kappa shape index (κ1) is 15.4. The highest BCUT2D eigenvalue weighted by Gasteiger charge is 2.10. The number of benzene rings is 1. The first-order valence-corrected chi connectivity index (χ1v) is 7.21. The number of ether oxygens (including phenoxy) is 1. The summed E-state index contributed by atoms with van der Waals surface area (Å²) in [5, 5.41) is 8.35. The number of nitrogens with zero attached hydrogens (tertiary/aromatic N) is 5. The van der Waals surface area contributed by atoms with E-state index in [0.717, 1.165) is 0 Å². The van der Waals surface area contributed by atoms with Crippen molar-refractivity contribution in [2.75, 3.05) is 0 Å². The molecule has 0 bridgehead atoms. The third kappa shape index (κ3) is 3.29. The van der Waals surface area contributed by atoms with E-state index < -0.39 is 0 Å². The normalized spacial score (nSPS) is 10.8. The van der Waals surface area contributed by atoms with E-state index in [4.69, 9.17) is 16.3 Å². The number of hydrogen-bond donors (Lipinski definition) is 0. The number of rotatable bonds is 4. The van der Waals surface area contributed by atoms with Crippen LogP contribution in [-0.4, -0.2) is 25.0 Å². The molecule has 0 aliphatic rings. The molecule has 23 heavy (non-hydrogen) atoms. The van der Waals surface area contributed by atoms with E-state index in [1.165, 1.54) is 10.9 Å². The van der Waals surface area contributed by atoms with Crippen molar-refractivity contribution in [2.45, 2.75) is 20.5 Å². The van der Waals surface area contributed by atoms with E-state index in [1.807, 2.05) is 0 Å². The van der Waals surface area contributed by atoms with Gasteiger partial charge in [0.05, 0.1) is 23.1 Å². The van der Waals surface area contributed by atoms with Crippen LogP contribution in [0.5, 0.6) is 6.01 Å². The second-order valence-corrected chi connectivity index (χ2v) is 5.34. The van der Waals surface area contributed by atoms with Crippen molar-refractivity contribution < 1.29 is 9.13 Å². The van der Waals surface area contributed by atoms with E-state index in [2.05, 4.69) is 20.3 Å². The van der Waals surface area contributed by atoms with Gasteiger partial charge in [0, 0.05) is 0 Å². The predicted octanol–water partition coefficient (Wildman–Crippen LogP) is 3.05. The van der Waals surface area contributed by atoms with Gasteiger partial charge in [0.15, 0.2) is 5.82 Å². The number of halogens is 2. The largest absolute Gasteiger partial charge is 0.457 e. The van der Waals surface area contributed by atoms with Crippen LogP contribution in [0.1, 0.15) is 17.0 Å². The summed E-state index contributed by atoms with van der Waals surface area (Å²) in [6.07, 6.45) is 3.07. The Morgan fingerprint density at radius 1 is 1.30 bits per heavy atom. The van der Waals surface area contributed by atoms with E-state index >= 15 is 0 Å². The molecule has 1 aromatic carbocycles. The molecule has 0 spiro atoms. The highest BCUT2D eigenvalue weighted by Crippen LogP contribution is 2.17. The highest BCUT2D eigenvalue weighted by molar-refractivity contribution is 6.31. The molecule has 0 unspecified atom stereocenters. The zero-order chi connectivity index (χ0) is 16.4. The summed E-state index contributed by atoms with van der Waals surface area (Å²) in [6.45, 7) is 3.57. The lowest BCUT2D eigenvalue weighted by Gasteiger charge is -2.04. The molecule has 0 atom stereocenters. The van der Waals surface area contributed by atoms with Crippen molar-refractivity contribution in [3.63, 3.8) is 0 Å². The standard InChI is InChI=1S/C15H13ClFN5O/c1-9-4-3-5-13(14(9)17)22-7-11(20-21-22)8-23-15-18-6-12(16)10(2)19-15/h3-7H,8H2,1-2H3. The van der Waals surface area contributed by atoms with Gasteiger partial charge in [-0.2, -0.15) is 4.98 Å². The average Bonchev–Trinajstić information content (AvgIpc) is 3.00. The molecule has 8 heteroatoms. The number of hydrogen-bond acceptors (Lipinski definition) is 5. The lowest BCUT2D eigenvalue weighted by molar-refractivity contribution is 0.275. The molecule has 3 aromatic rings. The van der Waals surface area contributed by atoms with E-state index in [9.17, 15) is 4.39 Å². The molecular formula is C15H13ClFN5O. The van der Waals surface area contributed by atoms with E-state index in [1.54, 1.807) is 38.2 Å². The average molecular weight is 334 g/mol. The van der Waals surface area contributed by atoms with Crippen LogP contribution in [0.4, 0.5) is 4.39 Å². The monoisotopic (exact) mass is 333 g/mol. The molecule has 0 aliphatic carbocycles. The lowest BCUT2D eigenvalue weighted by atomic mass is 10.2. The van der Waals surface area contributed by atoms with Crippen LogP contribution >= 0.6 is 11.6 Å². The van der Waals surface area contributed by atoms with Crippen LogP contribution in [-0.2, 0) is 6.61 Å². The molecular weight excluding hydrogens is 321 g/mol. The fraction of sp³-hybridized carbons (Fsp3) is 0.200. The molecule has 0 aliphatic heterocycles. The minimum atomic E-state index is -0.332. The van der Waals surface area contributed by atoms with Crippen molar-refractivity contribution in [2.24, 2.45) is 0 Å². The van der Waals surface area contributed by atoms with Gasteiger partial charge in [-0.05, 0) is 25.5 Å². The van der Waals surface area contributed by atoms with E-state index in [-0.39, 0.29) is 18.4 Å². The minimum Gasteiger partial charge on any atom is -0.457 e. The van der Waals surface area contributed by atoms with Crippen molar-refractivity contribution in [1.82, 2.24) is 25.0 Å². The molecule has 0 fully saturated rings. The maximum Gasteiger partial charge on any atom is 0.317 e. The number of aryl methyl sites for hydroxylation is 2. The molecule has 0 N–H and O–H groups in total. The Labute approximate surface area is 136 Å². The molecule has 2 heterocycles. The Balaban J connectivity index is 1.74. The third-order valence-corrected chi connectivity index (χ3v) is 3.58. The van der Waals surface area contributed by atoms with Gasteiger partial charge in [-0.1, -0.05) is 28.9 Å². The van der Waals surface area contributed by atoms with E-state index in [0.29, 0.717) is 27.7 Å². The second kappa shape index (κ2) is 6.29. The SMILES string of the molecule is Cc1cccc(-n2cc(COc3ncc(Cl)c(C)n3)nn2)c1F. The lowest BCUT2D eigenvalue weighted by Crippen LogP contribution is -2.01. The summed E-state index contributed by atoms with van der Waals surface area (Å²) in [5.41, 5.74) is 2.03. The maximum absolute atomic E-state index is 14.1. The smallest absolute Gasteiger partial charge is 0.317 e. The predicted molar refractivity (Wildman–Crippen MR) is 82.2 cm³/mol. The van der Waals surface area contributed by atoms with Crippen molar-refractivity contribution >= 4 is 11.6 Å². The van der Waals surface area contributed by atoms with Gasteiger partial charge in [-0.3, -0.25) is 0 Å². The third-order valence-electron chi connectivity index (χ3n) is 3.21. The first-order valence-electron chi connectivity index (χ1n) is 6.83. The molecule has 6 nitrogen and oxygen atoms in total. The fourth-order valence-electron chi connectivity index (χ4n) is 1.93. The maximum atomic E-state index is 14.1. The Hall–Kier alpha value is -2.54. The van der Waals surface area contributed by atoms with Gasteiger partial charge in [0.1, 0.15) is 18.0 Å². The zero-order valence-electron chi connectivity index (χ0n) is 12.5. The fourth-order valence-corrected chi connectivity index (χ4v) is 2.02. The molecule has 0 amide bonds. The van der Waals surface area contributed by atoms with Crippen LogP contribution in [0.3, 0.4) is 0 Å². The highest BCUT2D eigenvalue weighted by atomic mass is 35.5. The van der Waals surface area contributed by atoms with Crippen molar-refractivity contribution in [3.05, 3.63) is 58.4 Å². The summed E-state index contributed by atoms with van der Waals surface area (Å²) in [6, 6.07) is 5.28. The Morgan fingerprint density at radius 3 is 2.91 bits per heavy atom. The van der Waals surface area contributed by atoms with Gasteiger partial charge in [-0.25, -0.2) is 14.1 Å². The molecule has 2 aromatic heterocycles. The van der Waals surface area contributed by atoms with Gasteiger partial charge in [0.25, 0.3) is 0 Å². The molecule has 0 radical (unpaired) electrons. The van der Waals surface area contributed by atoms with Gasteiger partial charge >= 0.3 is 6.01 Å². The molecule has 118 valence electrons. The molecule has 0 saturated carbocycles. The Bertz CT molecular complexity index is 852. The van der Waals surface area contributed by atoms with Crippen LogP contribution in [0.15, 0.2) is 30.6 Å². The van der Waals surface area contributed by atoms with Crippen LogP contribution < -0.4 is 4.74 Å². The molecule has 3 rings (SSSR count).